The Morgan fingerprint density at radius 2 is 0.898 bits per heavy atom. The first-order valence-corrected chi connectivity index (χ1v) is 18.2. The maximum Gasteiger partial charge on any atom is 0.0641 e. The van der Waals surface area contributed by atoms with Crippen molar-refractivity contribution < 1.29 is 0 Å². The molecule has 0 saturated heterocycles. The molecule has 10 aromatic rings. The van der Waals surface area contributed by atoms with Crippen LogP contribution in [0.3, 0.4) is 0 Å². The lowest BCUT2D eigenvalue weighted by Crippen LogP contribution is -2.11. The molecule has 2 heterocycles. The molecule has 0 aliphatic heterocycles. The van der Waals surface area contributed by atoms with Crippen molar-refractivity contribution in [3.05, 3.63) is 176 Å². The van der Waals surface area contributed by atoms with Crippen molar-refractivity contribution in [2.75, 3.05) is 4.90 Å². The standard InChI is InChI=1S/C46H29NS2/c1-3-13-30(14-4-1)33-24-26-40(36-18-8-7-17-35(33)36)47(32-23-28-44-39(29-32)37-19-9-11-21-42(37)48-44)41-27-25-34(31-15-5-2-6-16-31)45-38-20-10-12-22-43(38)49-46(41)45/h1-29H. The van der Waals surface area contributed by atoms with E-state index in [1.54, 1.807) is 0 Å². The molecule has 0 atom stereocenters. The van der Waals surface area contributed by atoms with E-state index in [0.717, 1.165) is 5.69 Å². The lowest BCUT2D eigenvalue weighted by Gasteiger charge is -2.28. The molecule has 0 unspecified atom stereocenters. The first-order chi connectivity index (χ1) is 24.3. The predicted molar refractivity (Wildman–Crippen MR) is 215 cm³/mol. The fraction of sp³-hybridized carbons (Fsp3) is 0. The summed E-state index contributed by atoms with van der Waals surface area (Å²) < 4.78 is 5.21. The Morgan fingerprint density at radius 1 is 0.347 bits per heavy atom. The molecule has 0 aliphatic rings. The number of rotatable bonds is 5. The summed E-state index contributed by atoms with van der Waals surface area (Å²) in [4.78, 5) is 2.51. The van der Waals surface area contributed by atoms with E-state index in [1.807, 2.05) is 22.7 Å². The molecule has 0 spiro atoms. The van der Waals surface area contributed by atoms with Crippen LogP contribution in [0.15, 0.2) is 176 Å². The Bertz CT molecular complexity index is 2830. The molecule has 0 aliphatic carbocycles. The number of thiophene rings is 2. The minimum absolute atomic E-state index is 1.15. The Balaban J connectivity index is 1.30. The van der Waals surface area contributed by atoms with E-state index in [4.69, 9.17) is 0 Å². The van der Waals surface area contributed by atoms with Crippen molar-refractivity contribution in [2.24, 2.45) is 0 Å². The largest absolute Gasteiger partial charge is 0.308 e. The lowest BCUT2D eigenvalue weighted by molar-refractivity contribution is 1.32. The molecule has 1 nitrogen and oxygen atoms in total. The number of anilines is 3. The van der Waals surface area contributed by atoms with Crippen LogP contribution >= 0.6 is 22.7 Å². The van der Waals surface area contributed by atoms with Gasteiger partial charge in [0.05, 0.1) is 16.1 Å². The van der Waals surface area contributed by atoms with Crippen molar-refractivity contribution in [3.63, 3.8) is 0 Å². The van der Waals surface area contributed by atoms with Gasteiger partial charge in [0.1, 0.15) is 0 Å². The van der Waals surface area contributed by atoms with Gasteiger partial charge in [-0.15, -0.1) is 22.7 Å². The van der Waals surface area contributed by atoms with Crippen LogP contribution in [-0.2, 0) is 0 Å². The van der Waals surface area contributed by atoms with Crippen LogP contribution in [0.4, 0.5) is 17.1 Å². The van der Waals surface area contributed by atoms with E-state index in [-0.39, 0.29) is 0 Å². The van der Waals surface area contributed by atoms with E-state index >= 15 is 0 Å². The van der Waals surface area contributed by atoms with E-state index in [1.165, 1.54) is 84.7 Å². The SMILES string of the molecule is c1ccc(-c2ccc(N(c3ccc4sc5ccccc5c4c3)c3ccc(-c4ccccc4)c4c3sc3ccccc34)c3ccccc23)cc1. The van der Waals surface area contributed by atoms with Crippen LogP contribution in [-0.4, -0.2) is 0 Å². The van der Waals surface area contributed by atoms with Gasteiger partial charge in [0.2, 0.25) is 0 Å². The minimum Gasteiger partial charge on any atom is -0.308 e. The van der Waals surface area contributed by atoms with Crippen molar-refractivity contribution >= 4 is 90.9 Å². The Morgan fingerprint density at radius 3 is 1.65 bits per heavy atom. The van der Waals surface area contributed by atoms with E-state index in [9.17, 15) is 0 Å². The molecule has 10 rings (SSSR count). The highest BCUT2D eigenvalue weighted by Gasteiger charge is 2.23. The molecule has 2 aromatic heterocycles. The van der Waals surface area contributed by atoms with Crippen molar-refractivity contribution in [1.29, 1.82) is 0 Å². The molecule has 0 N–H and O–H groups in total. The first kappa shape index (κ1) is 28.3. The molecule has 0 fully saturated rings. The molecule has 0 radical (unpaired) electrons. The summed E-state index contributed by atoms with van der Waals surface area (Å²) in [6.45, 7) is 0. The Kier molecular flexibility index (Phi) is 6.61. The number of hydrogen-bond donors (Lipinski definition) is 0. The predicted octanol–water partition coefficient (Wildman–Crippen LogP) is 14.4. The second-order valence-corrected chi connectivity index (χ2v) is 14.6. The average molecular weight is 660 g/mol. The maximum atomic E-state index is 2.51. The van der Waals surface area contributed by atoms with Gasteiger partial charge >= 0.3 is 0 Å². The highest BCUT2D eigenvalue weighted by Crippen LogP contribution is 2.50. The van der Waals surface area contributed by atoms with Gasteiger partial charge < -0.3 is 4.90 Å². The second kappa shape index (κ2) is 11.5. The lowest BCUT2D eigenvalue weighted by atomic mass is 9.95. The van der Waals surface area contributed by atoms with Gasteiger partial charge in [0.15, 0.2) is 0 Å². The van der Waals surface area contributed by atoms with Gasteiger partial charge in [-0.2, -0.15) is 0 Å². The smallest absolute Gasteiger partial charge is 0.0641 e. The van der Waals surface area contributed by atoms with Crippen LogP contribution in [0, 0.1) is 0 Å². The van der Waals surface area contributed by atoms with Gasteiger partial charge in [0, 0.05) is 46.7 Å². The van der Waals surface area contributed by atoms with Crippen LogP contribution in [0.2, 0.25) is 0 Å². The maximum absolute atomic E-state index is 2.51. The van der Waals surface area contributed by atoms with Gasteiger partial charge in [-0.25, -0.2) is 0 Å². The zero-order valence-electron chi connectivity index (χ0n) is 26.5. The first-order valence-electron chi connectivity index (χ1n) is 16.6. The highest BCUT2D eigenvalue weighted by molar-refractivity contribution is 7.26. The zero-order chi connectivity index (χ0) is 32.3. The highest BCUT2D eigenvalue weighted by atomic mass is 32.1. The average Bonchev–Trinajstić information content (AvgIpc) is 3.75. The minimum atomic E-state index is 1.15. The van der Waals surface area contributed by atoms with Gasteiger partial charge in [-0.1, -0.05) is 133 Å². The molecule has 0 amide bonds. The van der Waals surface area contributed by atoms with E-state index in [0.29, 0.717) is 0 Å². The van der Waals surface area contributed by atoms with E-state index in [2.05, 4.69) is 181 Å². The van der Waals surface area contributed by atoms with Gasteiger partial charge in [0.25, 0.3) is 0 Å². The molecule has 8 aromatic carbocycles. The zero-order valence-corrected chi connectivity index (χ0v) is 28.1. The van der Waals surface area contributed by atoms with Crippen LogP contribution in [0.25, 0.3) is 73.4 Å². The summed E-state index contributed by atoms with van der Waals surface area (Å²) in [6.07, 6.45) is 0. The molecule has 3 heteroatoms. The number of hydrogen-bond acceptors (Lipinski definition) is 3. The van der Waals surface area contributed by atoms with Crippen molar-refractivity contribution in [1.82, 2.24) is 0 Å². The molecular weight excluding hydrogens is 631 g/mol. The third-order valence-electron chi connectivity index (χ3n) is 9.68. The summed E-state index contributed by atoms with van der Waals surface area (Å²) >= 11 is 3.75. The molecule has 230 valence electrons. The summed E-state index contributed by atoms with van der Waals surface area (Å²) in [6, 6.07) is 64.4. The summed E-state index contributed by atoms with van der Waals surface area (Å²) in [5.41, 5.74) is 8.47. The normalized spacial score (nSPS) is 11.7. The topological polar surface area (TPSA) is 3.24 Å². The van der Waals surface area contributed by atoms with Crippen molar-refractivity contribution in [3.8, 4) is 22.3 Å². The summed E-state index contributed by atoms with van der Waals surface area (Å²) in [5.74, 6) is 0. The summed E-state index contributed by atoms with van der Waals surface area (Å²) in [5, 5.41) is 7.67. The Labute approximate surface area is 292 Å². The molecule has 0 saturated carbocycles. The number of benzene rings is 8. The molecule has 0 bridgehead atoms. The van der Waals surface area contributed by atoms with E-state index < -0.39 is 0 Å². The summed E-state index contributed by atoms with van der Waals surface area (Å²) in [7, 11) is 0. The van der Waals surface area contributed by atoms with Crippen LogP contribution < -0.4 is 4.90 Å². The number of fused-ring (bicyclic) bond motifs is 7. The van der Waals surface area contributed by atoms with Crippen LogP contribution in [0.1, 0.15) is 0 Å². The van der Waals surface area contributed by atoms with Gasteiger partial charge in [-0.05, 0) is 70.1 Å². The molecule has 49 heavy (non-hydrogen) atoms. The van der Waals surface area contributed by atoms with Gasteiger partial charge in [-0.3, -0.25) is 0 Å². The van der Waals surface area contributed by atoms with Crippen molar-refractivity contribution in [2.45, 2.75) is 0 Å². The Hall–Kier alpha value is -5.74. The third-order valence-corrected chi connectivity index (χ3v) is 12.0. The molecular formula is C46H29NS2. The number of nitrogens with zero attached hydrogens (tertiary/aromatic N) is 1. The third kappa shape index (κ3) is 4.58. The monoisotopic (exact) mass is 659 g/mol. The second-order valence-electron chi connectivity index (χ2n) is 12.5. The fourth-order valence-electron chi connectivity index (χ4n) is 7.46. The fourth-order valence-corrected chi connectivity index (χ4v) is 9.78. The van der Waals surface area contributed by atoms with Crippen LogP contribution in [0.5, 0.6) is 0 Å². The quantitative estimate of drug-likeness (QED) is 0.178.